The third-order valence-electron chi connectivity index (χ3n) is 3.82. The van der Waals surface area contributed by atoms with Crippen molar-refractivity contribution in [1.29, 1.82) is 0 Å². The van der Waals surface area contributed by atoms with E-state index in [0.717, 1.165) is 16.5 Å². The van der Waals surface area contributed by atoms with Crippen LogP contribution in [0.1, 0.15) is 16.2 Å². The molecule has 0 bridgehead atoms. The molecule has 2 aromatic carbocycles. The smallest absolute Gasteiger partial charge is 0.356 e. The van der Waals surface area contributed by atoms with E-state index in [2.05, 4.69) is 10.1 Å². The number of aromatic amines is 1. The van der Waals surface area contributed by atoms with Crippen LogP contribution in [0.2, 0.25) is 5.02 Å². The lowest BCUT2D eigenvalue weighted by atomic mass is 10.2. The third-order valence-corrected chi connectivity index (χ3v) is 4.21. The molecule has 0 aliphatic heterocycles. The number of hydrogen-bond acceptors (Lipinski definition) is 4. The SMILES string of the molecule is O=C(OCc1cc(-c2ccccc2)on1)c1[nH]c2ccccc2c1Cl. The summed E-state index contributed by atoms with van der Waals surface area (Å²) in [4.78, 5) is 15.3. The summed E-state index contributed by atoms with van der Waals surface area (Å²) in [6, 6.07) is 18.7. The minimum Gasteiger partial charge on any atom is -0.454 e. The van der Waals surface area contributed by atoms with Crippen LogP contribution in [-0.4, -0.2) is 16.1 Å². The first kappa shape index (κ1) is 15.5. The van der Waals surface area contributed by atoms with Crippen molar-refractivity contribution in [2.45, 2.75) is 6.61 Å². The fourth-order valence-corrected chi connectivity index (χ4v) is 2.87. The van der Waals surface area contributed by atoms with Crippen molar-refractivity contribution in [1.82, 2.24) is 10.1 Å². The zero-order valence-corrected chi connectivity index (χ0v) is 13.8. The Bertz CT molecular complexity index is 1040. The van der Waals surface area contributed by atoms with Gasteiger partial charge in [0, 0.05) is 22.5 Å². The number of aromatic nitrogens is 2. The number of H-pyrrole nitrogens is 1. The van der Waals surface area contributed by atoms with E-state index in [1.807, 2.05) is 54.6 Å². The number of ether oxygens (including phenoxy) is 1. The Morgan fingerprint density at radius 1 is 1.12 bits per heavy atom. The molecular weight excluding hydrogens is 340 g/mol. The number of carbonyl (C=O) groups excluding carboxylic acids is 1. The molecule has 0 fully saturated rings. The summed E-state index contributed by atoms with van der Waals surface area (Å²) in [7, 11) is 0. The summed E-state index contributed by atoms with van der Waals surface area (Å²) in [6.07, 6.45) is 0. The number of esters is 1. The maximum Gasteiger partial charge on any atom is 0.356 e. The zero-order chi connectivity index (χ0) is 17.2. The van der Waals surface area contributed by atoms with Crippen LogP contribution in [0, 0.1) is 0 Å². The maximum absolute atomic E-state index is 12.3. The Morgan fingerprint density at radius 3 is 2.68 bits per heavy atom. The number of rotatable bonds is 4. The summed E-state index contributed by atoms with van der Waals surface area (Å²) in [5, 5.41) is 5.06. The van der Waals surface area contributed by atoms with Crippen molar-refractivity contribution in [2.24, 2.45) is 0 Å². The Labute approximate surface area is 148 Å². The second-order valence-corrected chi connectivity index (χ2v) is 5.86. The van der Waals surface area contributed by atoms with Gasteiger partial charge < -0.3 is 14.2 Å². The van der Waals surface area contributed by atoms with Crippen molar-refractivity contribution in [3.8, 4) is 11.3 Å². The Balaban J connectivity index is 1.48. The molecule has 0 radical (unpaired) electrons. The molecule has 0 spiro atoms. The number of halogens is 1. The average molecular weight is 353 g/mol. The van der Waals surface area contributed by atoms with Crippen LogP contribution >= 0.6 is 11.6 Å². The van der Waals surface area contributed by atoms with Crippen molar-refractivity contribution in [3.05, 3.63) is 77.1 Å². The van der Waals surface area contributed by atoms with Gasteiger partial charge in [-0.1, -0.05) is 65.3 Å². The molecule has 1 N–H and O–H groups in total. The van der Waals surface area contributed by atoms with E-state index in [1.165, 1.54) is 0 Å². The molecule has 0 amide bonds. The van der Waals surface area contributed by atoms with Gasteiger partial charge in [-0.05, 0) is 6.07 Å². The normalized spacial score (nSPS) is 10.9. The molecule has 4 aromatic rings. The Kier molecular flexibility index (Phi) is 3.99. The second-order valence-electron chi connectivity index (χ2n) is 5.48. The highest BCUT2D eigenvalue weighted by atomic mass is 35.5. The van der Waals surface area contributed by atoms with Crippen LogP contribution in [0.3, 0.4) is 0 Å². The number of benzene rings is 2. The van der Waals surface area contributed by atoms with Gasteiger partial charge in [0.2, 0.25) is 0 Å². The lowest BCUT2D eigenvalue weighted by Gasteiger charge is -2.00. The Morgan fingerprint density at radius 2 is 1.88 bits per heavy atom. The van der Waals surface area contributed by atoms with Crippen LogP contribution in [0.15, 0.2) is 65.2 Å². The minimum absolute atomic E-state index is 0.000854. The summed E-state index contributed by atoms with van der Waals surface area (Å²) >= 11 is 6.25. The summed E-state index contributed by atoms with van der Waals surface area (Å²) in [6.45, 7) is 0.000854. The highest BCUT2D eigenvalue weighted by molar-refractivity contribution is 6.38. The molecule has 5 nitrogen and oxygen atoms in total. The first-order chi connectivity index (χ1) is 12.2. The molecule has 6 heteroatoms. The molecule has 0 saturated carbocycles. The van der Waals surface area contributed by atoms with E-state index in [0.29, 0.717) is 16.5 Å². The predicted octanol–water partition coefficient (Wildman–Crippen LogP) is 4.83. The van der Waals surface area contributed by atoms with E-state index in [9.17, 15) is 4.79 Å². The van der Waals surface area contributed by atoms with Gasteiger partial charge in [-0.3, -0.25) is 0 Å². The first-order valence-electron chi connectivity index (χ1n) is 7.67. The second kappa shape index (κ2) is 6.45. The molecule has 0 unspecified atom stereocenters. The Hall–Kier alpha value is -3.05. The molecule has 2 heterocycles. The number of fused-ring (bicyclic) bond motifs is 1. The number of para-hydroxylation sites is 1. The zero-order valence-electron chi connectivity index (χ0n) is 13.0. The van der Waals surface area contributed by atoms with E-state index < -0.39 is 5.97 Å². The van der Waals surface area contributed by atoms with Gasteiger partial charge >= 0.3 is 5.97 Å². The van der Waals surface area contributed by atoms with Crippen molar-refractivity contribution >= 4 is 28.5 Å². The topological polar surface area (TPSA) is 68.1 Å². The van der Waals surface area contributed by atoms with Gasteiger partial charge in [-0.25, -0.2) is 4.79 Å². The van der Waals surface area contributed by atoms with Gasteiger partial charge in [0.05, 0.1) is 5.02 Å². The fourth-order valence-electron chi connectivity index (χ4n) is 2.58. The van der Waals surface area contributed by atoms with Crippen LogP contribution < -0.4 is 0 Å². The maximum atomic E-state index is 12.3. The summed E-state index contributed by atoms with van der Waals surface area (Å²) in [5.74, 6) is 0.0840. The summed E-state index contributed by atoms with van der Waals surface area (Å²) in [5.41, 5.74) is 2.45. The van der Waals surface area contributed by atoms with E-state index in [1.54, 1.807) is 6.07 Å². The van der Waals surface area contributed by atoms with Gasteiger partial charge in [-0.2, -0.15) is 0 Å². The molecule has 25 heavy (non-hydrogen) atoms. The van der Waals surface area contributed by atoms with E-state index >= 15 is 0 Å². The molecule has 0 saturated heterocycles. The average Bonchev–Trinajstić information content (AvgIpc) is 3.26. The van der Waals surface area contributed by atoms with Crippen LogP contribution in [0.25, 0.3) is 22.2 Å². The molecule has 0 atom stereocenters. The number of nitrogens with zero attached hydrogens (tertiary/aromatic N) is 1. The highest BCUT2D eigenvalue weighted by Crippen LogP contribution is 2.28. The standard InChI is InChI=1S/C19H13ClN2O3/c20-17-14-8-4-5-9-15(14)21-18(17)19(23)24-11-13-10-16(25-22-13)12-6-2-1-3-7-12/h1-10,21H,11H2. The third kappa shape index (κ3) is 3.02. The van der Waals surface area contributed by atoms with Crippen molar-refractivity contribution < 1.29 is 14.1 Å². The lowest BCUT2D eigenvalue weighted by Crippen LogP contribution is -2.06. The van der Waals surface area contributed by atoms with Crippen molar-refractivity contribution in [3.63, 3.8) is 0 Å². The molecular formula is C19H13ClN2O3. The highest BCUT2D eigenvalue weighted by Gasteiger charge is 2.18. The van der Waals surface area contributed by atoms with Gasteiger partial charge in [0.1, 0.15) is 18.0 Å². The van der Waals surface area contributed by atoms with Crippen molar-refractivity contribution in [2.75, 3.05) is 0 Å². The monoisotopic (exact) mass is 352 g/mol. The molecule has 124 valence electrons. The van der Waals surface area contributed by atoms with Gasteiger partial charge in [-0.15, -0.1) is 0 Å². The number of nitrogens with one attached hydrogen (secondary N) is 1. The van der Waals surface area contributed by atoms with Gasteiger partial charge in [0.25, 0.3) is 0 Å². The quantitative estimate of drug-likeness (QED) is 0.534. The first-order valence-corrected chi connectivity index (χ1v) is 8.04. The number of hydrogen-bond donors (Lipinski definition) is 1. The lowest BCUT2D eigenvalue weighted by molar-refractivity contribution is 0.0458. The van der Waals surface area contributed by atoms with Crippen LogP contribution in [-0.2, 0) is 11.3 Å². The van der Waals surface area contributed by atoms with E-state index in [-0.39, 0.29) is 12.3 Å². The molecule has 0 aliphatic rings. The van der Waals surface area contributed by atoms with Crippen LogP contribution in [0.4, 0.5) is 0 Å². The fraction of sp³-hybridized carbons (Fsp3) is 0.0526. The molecule has 4 rings (SSSR count). The van der Waals surface area contributed by atoms with Gasteiger partial charge in [0.15, 0.2) is 5.76 Å². The van der Waals surface area contributed by atoms with E-state index in [4.69, 9.17) is 20.9 Å². The van der Waals surface area contributed by atoms with Crippen LogP contribution in [0.5, 0.6) is 0 Å². The molecule has 0 aliphatic carbocycles. The predicted molar refractivity (Wildman–Crippen MR) is 94.4 cm³/mol. The summed E-state index contributed by atoms with van der Waals surface area (Å²) < 4.78 is 10.6. The molecule has 2 aromatic heterocycles. The minimum atomic E-state index is -0.537. The largest absolute Gasteiger partial charge is 0.454 e. The number of carbonyl (C=O) groups is 1.